The summed E-state index contributed by atoms with van der Waals surface area (Å²) in [5.74, 6) is 0.632. The Balaban J connectivity index is 0.00000312. The van der Waals surface area contributed by atoms with Crippen molar-refractivity contribution < 1.29 is 22.7 Å². The maximum absolute atomic E-state index is 12.3. The Hall–Kier alpha value is -1.47. The maximum Gasteiger partial charge on any atom is 0.422 e. The van der Waals surface area contributed by atoms with Crippen molar-refractivity contribution in [3.05, 3.63) is 29.8 Å². The predicted molar refractivity (Wildman–Crippen MR) is 91.9 cm³/mol. The molecule has 1 aliphatic rings. The quantitative estimate of drug-likeness (QED) is 0.761. The first-order chi connectivity index (χ1) is 11.4. The fraction of sp³-hybridized carbons (Fsp3) is 0.588. The number of carbonyl (C=O) groups is 1. The maximum atomic E-state index is 12.3. The van der Waals surface area contributed by atoms with Crippen molar-refractivity contribution >= 4 is 18.3 Å². The van der Waals surface area contributed by atoms with Crippen LogP contribution < -0.4 is 15.4 Å². The van der Waals surface area contributed by atoms with Crippen LogP contribution in [0, 0.1) is 5.92 Å². The summed E-state index contributed by atoms with van der Waals surface area (Å²) < 4.78 is 41.6. The Morgan fingerprint density at radius 1 is 1.24 bits per heavy atom. The van der Waals surface area contributed by atoms with Gasteiger partial charge in [-0.05, 0) is 44.3 Å². The number of hydrogen-bond donors (Lipinski definition) is 2. The van der Waals surface area contributed by atoms with Gasteiger partial charge in [0.25, 0.3) is 0 Å². The van der Waals surface area contributed by atoms with Gasteiger partial charge in [0.15, 0.2) is 6.61 Å². The highest BCUT2D eigenvalue weighted by molar-refractivity contribution is 5.85. The van der Waals surface area contributed by atoms with E-state index in [1.54, 1.807) is 18.2 Å². The Kier molecular flexibility index (Phi) is 9.06. The molecule has 1 aromatic rings. The van der Waals surface area contributed by atoms with E-state index < -0.39 is 12.8 Å². The number of carbonyl (C=O) groups excluding carboxylic acids is 1. The van der Waals surface area contributed by atoms with Crippen LogP contribution in [0.3, 0.4) is 0 Å². The second-order valence-electron chi connectivity index (χ2n) is 6.02. The van der Waals surface area contributed by atoms with Crippen LogP contribution in [-0.2, 0) is 11.3 Å². The van der Waals surface area contributed by atoms with E-state index in [0.29, 0.717) is 17.9 Å². The largest absolute Gasteiger partial charge is 0.484 e. The monoisotopic (exact) mass is 380 g/mol. The van der Waals surface area contributed by atoms with Crippen molar-refractivity contribution in [3.63, 3.8) is 0 Å². The van der Waals surface area contributed by atoms with Gasteiger partial charge in [-0.15, -0.1) is 12.4 Å². The van der Waals surface area contributed by atoms with Gasteiger partial charge in [-0.25, -0.2) is 0 Å². The van der Waals surface area contributed by atoms with Crippen LogP contribution in [-0.4, -0.2) is 31.8 Å². The minimum Gasteiger partial charge on any atom is -0.484 e. The van der Waals surface area contributed by atoms with Gasteiger partial charge in [0.05, 0.1) is 0 Å². The molecule has 0 aliphatic carbocycles. The number of alkyl halides is 3. The Morgan fingerprint density at radius 3 is 2.60 bits per heavy atom. The first-order valence-corrected chi connectivity index (χ1v) is 8.19. The van der Waals surface area contributed by atoms with E-state index in [-0.39, 0.29) is 30.6 Å². The lowest BCUT2D eigenvalue weighted by molar-refractivity contribution is -0.153. The molecule has 0 saturated carbocycles. The van der Waals surface area contributed by atoms with E-state index in [0.717, 1.165) is 32.4 Å². The van der Waals surface area contributed by atoms with Crippen molar-refractivity contribution in [3.8, 4) is 5.75 Å². The van der Waals surface area contributed by atoms with Gasteiger partial charge in [0, 0.05) is 18.5 Å². The summed E-state index contributed by atoms with van der Waals surface area (Å²) in [6, 6.07) is 6.44. The summed E-state index contributed by atoms with van der Waals surface area (Å²) in [5, 5.41) is 6.04. The number of piperidine rings is 1. The number of rotatable bonds is 7. The highest BCUT2D eigenvalue weighted by Crippen LogP contribution is 2.22. The predicted octanol–water partition coefficient (Wildman–Crippen LogP) is 3.45. The summed E-state index contributed by atoms with van der Waals surface area (Å²) in [5.41, 5.74) is 0.539. The number of halogens is 4. The summed E-state index contributed by atoms with van der Waals surface area (Å²) in [4.78, 5) is 11.9. The summed E-state index contributed by atoms with van der Waals surface area (Å²) >= 11 is 0. The molecule has 1 aromatic carbocycles. The lowest BCUT2D eigenvalue weighted by atomic mass is 9.93. The number of ether oxygens (including phenoxy) is 1. The van der Waals surface area contributed by atoms with Gasteiger partial charge >= 0.3 is 6.18 Å². The van der Waals surface area contributed by atoms with E-state index >= 15 is 0 Å². The van der Waals surface area contributed by atoms with Crippen molar-refractivity contribution in [2.24, 2.45) is 5.92 Å². The van der Waals surface area contributed by atoms with Crippen LogP contribution in [0.2, 0.25) is 0 Å². The summed E-state index contributed by atoms with van der Waals surface area (Å²) in [6.07, 6.45) is -0.927. The lowest BCUT2D eigenvalue weighted by Crippen LogP contribution is -2.29. The van der Waals surface area contributed by atoms with Crippen LogP contribution in [0.25, 0.3) is 0 Å². The molecule has 142 valence electrons. The molecule has 8 heteroatoms. The second-order valence-corrected chi connectivity index (χ2v) is 6.02. The van der Waals surface area contributed by atoms with Gasteiger partial charge < -0.3 is 15.4 Å². The van der Waals surface area contributed by atoms with Gasteiger partial charge in [0.1, 0.15) is 5.75 Å². The number of amides is 1. The van der Waals surface area contributed by atoms with Crippen molar-refractivity contribution in [1.82, 2.24) is 10.6 Å². The molecular weight excluding hydrogens is 357 g/mol. The zero-order valence-electron chi connectivity index (χ0n) is 13.9. The van der Waals surface area contributed by atoms with Crippen molar-refractivity contribution in [2.45, 2.75) is 38.4 Å². The smallest absolute Gasteiger partial charge is 0.422 e. The molecule has 1 saturated heterocycles. The first kappa shape index (κ1) is 21.6. The average molecular weight is 381 g/mol. The van der Waals surface area contributed by atoms with Gasteiger partial charge in [-0.3, -0.25) is 4.79 Å². The molecule has 0 spiro atoms. The minimum atomic E-state index is -4.38. The third-order valence-corrected chi connectivity index (χ3v) is 4.08. The highest BCUT2D eigenvalue weighted by atomic mass is 35.5. The number of para-hydroxylation sites is 1. The number of benzene rings is 1. The van der Waals surface area contributed by atoms with Gasteiger partial charge in [0.2, 0.25) is 5.91 Å². The molecule has 1 fully saturated rings. The Morgan fingerprint density at radius 2 is 1.92 bits per heavy atom. The highest BCUT2D eigenvalue weighted by Gasteiger charge is 2.28. The van der Waals surface area contributed by atoms with Crippen molar-refractivity contribution in [1.29, 1.82) is 0 Å². The zero-order valence-corrected chi connectivity index (χ0v) is 14.7. The van der Waals surface area contributed by atoms with Crippen LogP contribution in [0.1, 0.15) is 31.2 Å². The first-order valence-electron chi connectivity index (χ1n) is 8.19. The van der Waals surface area contributed by atoms with Crippen LogP contribution >= 0.6 is 12.4 Å². The van der Waals surface area contributed by atoms with Crippen LogP contribution in [0.4, 0.5) is 13.2 Å². The zero-order chi connectivity index (χ0) is 17.4. The van der Waals surface area contributed by atoms with E-state index in [1.807, 2.05) is 0 Å². The average Bonchev–Trinajstić information content (AvgIpc) is 2.57. The van der Waals surface area contributed by atoms with E-state index in [1.165, 1.54) is 6.07 Å². The molecular formula is C17H24ClF3N2O2. The number of nitrogens with one attached hydrogen (secondary N) is 2. The van der Waals surface area contributed by atoms with Crippen molar-refractivity contribution in [2.75, 3.05) is 19.7 Å². The topological polar surface area (TPSA) is 50.4 Å². The molecule has 0 unspecified atom stereocenters. The third-order valence-electron chi connectivity index (χ3n) is 4.08. The van der Waals surface area contributed by atoms with E-state index in [2.05, 4.69) is 10.6 Å². The Bertz CT molecular complexity index is 535. The normalized spacial score (nSPS) is 15.3. The third kappa shape index (κ3) is 8.45. The van der Waals surface area contributed by atoms with E-state index in [4.69, 9.17) is 4.74 Å². The molecule has 0 bridgehead atoms. The van der Waals surface area contributed by atoms with Gasteiger partial charge in [-0.2, -0.15) is 13.2 Å². The number of hydrogen-bond acceptors (Lipinski definition) is 3. The molecule has 4 nitrogen and oxygen atoms in total. The minimum absolute atomic E-state index is 0. The van der Waals surface area contributed by atoms with Gasteiger partial charge in [-0.1, -0.05) is 18.2 Å². The molecule has 25 heavy (non-hydrogen) atoms. The Labute approximate surface area is 151 Å². The molecule has 0 atom stereocenters. The summed E-state index contributed by atoms with van der Waals surface area (Å²) in [7, 11) is 0. The molecule has 0 aromatic heterocycles. The molecule has 1 heterocycles. The fourth-order valence-corrected chi connectivity index (χ4v) is 2.74. The molecule has 2 rings (SSSR count). The SMILES string of the molecule is Cl.O=C(CCC1CCNCC1)NCc1ccccc1OCC(F)(F)F. The van der Waals surface area contributed by atoms with Crippen LogP contribution in [0.15, 0.2) is 24.3 Å². The second kappa shape index (κ2) is 10.5. The fourth-order valence-electron chi connectivity index (χ4n) is 2.74. The molecule has 1 amide bonds. The lowest BCUT2D eigenvalue weighted by Gasteiger charge is -2.22. The summed E-state index contributed by atoms with van der Waals surface area (Å²) in [6.45, 7) is 0.819. The van der Waals surface area contributed by atoms with E-state index in [9.17, 15) is 18.0 Å². The standard InChI is InChI=1S/C17H23F3N2O2.ClH/c18-17(19,20)12-24-15-4-2-1-3-14(15)11-22-16(23)6-5-13-7-9-21-10-8-13;/h1-4,13,21H,5-12H2,(H,22,23);1H. The molecule has 2 N–H and O–H groups in total. The van der Waals surface area contributed by atoms with Crippen LogP contribution in [0.5, 0.6) is 5.75 Å². The molecule has 1 aliphatic heterocycles. The molecule has 0 radical (unpaired) electrons.